The summed E-state index contributed by atoms with van der Waals surface area (Å²) in [6, 6.07) is 7.80. The van der Waals surface area contributed by atoms with Crippen molar-refractivity contribution in [2.24, 2.45) is 7.05 Å². The molecule has 1 heterocycles. The summed E-state index contributed by atoms with van der Waals surface area (Å²) in [5.41, 5.74) is 5.07. The van der Waals surface area contributed by atoms with Gasteiger partial charge in [0.1, 0.15) is 11.8 Å². The minimum Gasteiger partial charge on any atom is -0.495 e. The van der Waals surface area contributed by atoms with Crippen molar-refractivity contribution < 1.29 is 4.74 Å². The molecule has 0 saturated carbocycles. The van der Waals surface area contributed by atoms with Crippen molar-refractivity contribution in [3.8, 4) is 11.8 Å². The number of nitriles is 1. The molecule has 5 nitrogen and oxygen atoms in total. The molecule has 0 saturated heterocycles. The first-order valence-electron chi connectivity index (χ1n) is 6.83. The minimum absolute atomic E-state index is 0.561. The third-order valence-electron chi connectivity index (χ3n) is 3.67. The van der Waals surface area contributed by atoms with Crippen molar-refractivity contribution in [2.75, 3.05) is 7.11 Å². The first-order chi connectivity index (χ1) is 10.1. The molecule has 0 radical (unpaired) electrons. The molecule has 5 heteroatoms. The summed E-state index contributed by atoms with van der Waals surface area (Å²) in [4.78, 5) is 0. The van der Waals surface area contributed by atoms with Crippen LogP contribution in [-0.4, -0.2) is 16.9 Å². The Bertz CT molecular complexity index is 682. The molecule has 0 aliphatic carbocycles. The molecule has 110 valence electrons. The Morgan fingerprint density at radius 3 is 2.67 bits per heavy atom. The van der Waals surface area contributed by atoms with Crippen molar-refractivity contribution in [3.05, 3.63) is 46.3 Å². The monoisotopic (exact) mass is 284 g/mol. The molecule has 21 heavy (non-hydrogen) atoms. The normalized spacial score (nSPS) is 10.4. The van der Waals surface area contributed by atoms with Gasteiger partial charge in [-0.1, -0.05) is 6.07 Å². The van der Waals surface area contributed by atoms with Crippen LogP contribution in [0.5, 0.6) is 5.75 Å². The van der Waals surface area contributed by atoms with Crippen molar-refractivity contribution >= 4 is 0 Å². The summed E-state index contributed by atoms with van der Waals surface area (Å²) in [6.07, 6.45) is 0. The van der Waals surface area contributed by atoms with Crippen LogP contribution in [0.1, 0.15) is 28.1 Å². The second-order valence-electron chi connectivity index (χ2n) is 5.02. The molecule has 1 N–H and O–H groups in total. The Hall–Kier alpha value is -2.32. The molecule has 0 atom stereocenters. The molecule has 1 aromatic heterocycles. The molecule has 0 spiro atoms. The molecular formula is C16H20N4O. The topological polar surface area (TPSA) is 62.9 Å². The highest BCUT2D eigenvalue weighted by Gasteiger charge is 2.09. The molecular weight excluding hydrogens is 264 g/mol. The number of rotatable bonds is 5. The van der Waals surface area contributed by atoms with Gasteiger partial charge in [-0.05, 0) is 31.5 Å². The number of ether oxygens (including phenoxy) is 1. The van der Waals surface area contributed by atoms with Gasteiger partial charge in [0.2, 0.25) is 0 Å². The van der Waals surface area contributed by atoms with Gasteiger partial charge in [-0.25, -0.2) is 0 Å². The fraction of sp³-hybridized carbons (Fsp3) is 0.375. The van der Waals surface area contributed by atoms with Crippen LogP contribution in [-0.2, 0) is 20.1 Å². The van der Waals surface area contributed by atoms with Gasteiger partial charge in [0.05, 0.1) is 18.4 Å². The van der Waals surface area contributed by atoms with E-state index < -0.39 is 0 Å². The van der Waals surface area contributed by atoms with Crippen LogP contribution < -0.4 is 10.1 Å². The van der Waals surface area contributed by atoms with E-state index in [2.05, 4.69) is 23.4 Å². The van der Waals surface area contributed by atoms with E-state index >= 15 is 0 Å². The predicted octanol–water partition coefficient (Wildman–Crippen LogP) is 2.21. The average molecular weight is 284 g/mol. The molecule has 0 aliphatic rings. The summed E-state index contributed by atoms with van der Waals surface area (Å²) < 4.78 is 7.04. The van der Waals surface area contributed by atoms with Gasteiger partial charge in [-0.15, -0.1) is 0 Å². The zero-order chi connectivity index (χ0) is 15.4. The maximum atomic E-state index is 9.09. The Balaban J connectivity index is 2.02. The predicted molar refractivity (Wildman–Crippen MR) is 80.9 cm³/mol. The van der Waals surface area contributed by atoms with Gasteiger partial charge in [0, 0.05) is 31.4 Å². The minimum atomic E-state index is 0.561. The molecule has 2 aromatic rings. The quantitative estimate of drug-likeness (QED) is 0.914. The summed E-state index contributed by atoms with van der Waals surface area (Å²) in [5.74, 6) is 0.611. The van der Waals surface area contributed by atoms with Gasteiger partial charge in [-0.2, -0.15) is 10.4 Å². The first-order valence-corrected chi connectivity index (χ1v) is 6.83. The number of benzene rings is 1. The lowest BCUT2D eigenvalue weighted by molar-refractivity contribution is 0.413. The van der Waals surface area contributed by atoms with E-state index in [9.17, 15) is 0 Å². The third-order valence-corrected chi connectivity index (χ3v) is 3.67. The Morgan fingerprint density at radius 2 is 2.10 bits per heavy atom. The number of nitrogens with one attached hydrogen (secondary N) is 1. The van der Waals surface area contributed by atoms with Crippen LogP contribution in [0, 0.1) is 25.2 Å². The second kappa shape index (κ2) is 6.42. The van der Waals surface area contributed by atoms with Crippen molar-refractivity contribution in [2.45, 2.75) is 26.9 Å². The lowest BCUT2D eigenvalue weighted by Gasteiger charge is -2.08. The molecule has 1 aromatic carbocycles. The first kappa shape index (κ1) is 15.1. The van der Waals surface area contributed by atoms with Gasteiger partial charge in [0.15, 0.2) is 0 Å². The van der Waals surface area contributed by atoms with Gasteiger partial charge >= 0.3 is 0 Å². The fourth-order valence-electron chi connectivity index (χ4n) is 2.36. The van der Waals surface area contributed by atoms with Gasteiger partial charge in [0.25, 0.3) is 0 Å². The largest absolute Gasteiger partial charge is 0.495 e. The fourth-order valence-corrected chi connectivity index (χ4v) is 2.36. The standard InChI is InChI=1S/C16H20N4O/c1-11-15(12(2)20(3)19-11)10-18-9-13-5-6-16(21-4)14(7-13)8-17/h5-7,18H,9-10H2,1-4H3. The Morgan fingerprint density at radius 1 is 1.33 bits per heavy atom. The van der Waals surface area contributed by atoms with Gasteiger partial charge < -0.3 is 10.1 Å². The van der Waals surface area contributed by atoms with Crippen LogP contribution >= 0.6 is 0 Å². The summed E-state index contributed by atoms with van der Waals surface area (Å²) in [6.45, 7) is 5.55. The number of hydrogen-bond acceptors (Lipinski definition) is 4. The van der Waals surface area contributed by atoms with E-state index in [1.54, 1.807) is 7.11 Å². The second-order valence-corrected chi connectivity index (χ2v) is 5.02. The SMILES string of the molecule is COc1ccc(CNCc2c(C)nn(C)c2C)cc1C#N. The van der Waals surface area contributed by atoms with Crippen molar-refractivity contribution in [3.63, 3.8) is 0 Å². The van der Waals surface area contributed by atoms with Crippen molar-refractivity contribution in [1.29, 1.82) is 5.26 Å². The summed E-state index contributed by atoms with van der Waals surface area (Å²) in [7, 11) is 3.52. The number of aryl methyl sites for hydroxylation is 2. The molecule has 0 unspecified atom stereocenters. The smallest absolute Gasteiger partial charge is 0.136 e. The van der Waals surface area contributed by atoms with Crippen LogP contribution in [0.4, 0.5) is 0 Å². The van der Waals surface area contributed by atoms with Crippen LogP contribution in [0.15, 0.2) is 18.2 Å². The van der Waals surface area contributed by atoms with Gasteiger partial charge in [-0.3, -0.25) is 4.68 Å². The summed E-state index contributed by atoms with van der Waals surface area (Å²) >= 11 is 0. The highest BCUT2D eigenvalue weighted by Crippen LogP contribution is 2.19. The zero-order valence-electron chi connectivity index (χ0n) is 12.9. The maximum Gasteiger partial charge on any atom is 0.136 e. The Kier molecular flexibility index (Phi) is 4.61. The van der Waals surface area contributed by atoms with E-state index in [0.29, 0.717) is 17.9 Å². The van der Waals surface area contributed by atoms with E-state index in [1.807, 2.05) is 36.9 Å². The zero-order valence-corrected chi connectivity index (χ0v) is 12.9. The van der Waals surface area contributed by atoms with Crippen molar-refractivity contribution in [1.82, 2.24) is 15.1 Å². The lowest BCUT2D eigenvalue weighted by atomic mass is 10.1. The lowest BCUT2D eigenvalue weighted by Crippen LogP contribution is -2.14. The third kappa shape index (κ3) is 3.23. The Labute approximate surface area is 125 Å². The number of hydrogen-bond donors (Lipinski definition) is 1. The highest BCUT2D eigenvalue weighted by molar-refractivity contribution is 5.45. The molecule has 0 amide bonds. The number of nitrogens with zero attached hydrogens (tertiary/aromatic N) is 3. The number of aromatic nitrogens is 2. The van der Waals surface area contributed by atoms with E-state index in [1.165, 1.54) is 11.3 Å². The number of methoxy groups -OCH3 is 1. The van der Waals surface area contributed by atoms with E-state index in [0.717, 1.165) is 17.8 Å². The van der Waals surface area contributed by atoms with Crippen LogP contribution in [0.3, 0.4) is 0 Å². The maximum absolute atomic E-state index is 9.09. The van der Waals surface area contributed by atoms with E-state index in [4.69, 9.17) is 10.00 Å². The molecule has 2 rings (SSSR count). The highest BCUT2D eigenvalue weighted by atomic mass is 16.5. The molecule has 0 aliphatic heterocycles. The summed E-state index contributed by atoms with van der Waals surface area (Å²) in [5, 5.41) is 16.9. The average Bonchev–Trinajstić information content (AvgIpc) is 2.73. The molecule has 0 fully saturated rings. The molecule has 0 bridgehead atoms. The van der Waals surface area contributed by atoms with E-state index in [-0.39, 0.29) is 0 Å². The van der Waals surface area contributed by atoms with Crippen LogP contribution in [0.2, 0.25) is 0 Å². The van der Waals surface area contributed by atoms with Crippen LogP contribution in [0.25, 0.3) is 0 Å².